The van der Waals surface area contributed by atoms with Gasteiger partial charge < -0.3 is 20.2 Å². The molecule has 0 radical (unpaired) electrons. The fraction of sp³-hybridized carbons (Fsp3) is 0.200. The molecule has 6 nitrogen and oxygen atoms in total. The second kappa shape index (κ2) is 9.16. The SMILES string of the molecule is O=C(NCCc1ccccc1)C(=O)NCc1ccc(C(O)c2ccco2)s1. The molecule has 3 rings (SSSR count). The Morgan fingerprint density at radius 3 is 2.52 bits per heavy atom. The van der Waals surface area contributed by atoms with Gasteiger partial charge in [-0.05, 0) is 36.2 Å². The summed E-state index contributed by atoms with van der Waals surface area (Å²) in [5, 5.41) is 15.4. The summed E-state index contributed by atoms with van der Waals surface area (Å²) in [5.41, 5.74) is 1.10. The average molecular weight is 384 g/mol. The number of hydrogen-bond acceptors (Lipinski definition) is 5. The van der Waals surface area contributed by atoms with E-state index in [4.69, 9.17) is 4.42 Å². The van der Waals surface area contributed by atoms with Gasteiger partial charge >= 0.3 is 11.8 Å². The molecule has 0 fully saturated rings. The quantitative estimate of drug-likeness (QED) is 0.546. The van der Waals surface area contributed by atoms with Crippen LogP contribution in [0.15, 0.2) is 65.3 Å². The highest BCUT2D eigenvalue weighted by Crippen LogP contribution is 2.28. The lowest BCUT2D eigenvalue weighted by molar-refractivity contribution is -0.139. The van der Waals surface area contributed by atoms with E-state index in [9.17, 15) is 14.7 Å². The van der Waals surface area contributed by atoms with Crippen LogP contribution in [0.1, 0.15) is 27.2 Å². The standard InChI is InChI=1S/C20H20N2O4S/c23-18(16-7-4-12-26-16)17-9-8-15(27-17)13-22-20(25)19(24)21-11-10-14-5-2-1-3-6-14/h1-9,12,18,23H,10-11,13H2,(H,21,24)(H,22,25). The zero-order chi connectivity index (χ0) is 19.1. The molecule has 0 saturated carbocycles. The first-order chi connectivity index (χ1) is 13.1. The Morgan fingerprint density at radius 2 is 1.78 bits per heavy atom. The summed E-state index contributed by atoms with van der Waals surface area (Å²) in [6.07, 6.45) is 1.33. The molecule has 3 aromatic rings. The van der Waals surface area contributed by atoms with Gasteiger partial charge in [-0.25, -0.2) is 0 Å². The molecule has 0 aliphatic carbocycles. The fourth-order valence-electron chi connectivity index (χ4n) is 2.52. The molecule has 0 spiro atoms. The van der Waals surface area contributed by atoms with Gasteiger partial charge in [0, 0.05) is 16.3 Å². The molecule has 140 valence electrons. The van der Waals surface area contributed by atoms with Crippen molar-refractivity contribution in [3.63, 3.8) is 0 Å². The van der Waals surface area contributed by atoms with Crippen LogP contribution in [0.2, 0.25) is 0 Å². The summed E-state index contributed by atoms with van der Waals surface area (Å²) in [7, 11) is 0. The maximum atomic E-state index is 11.9. The van der Waals surface area contributed by atoms with Crippen molar-refractivity contribution in [3.8, 4) is 0 Å². The van der Waals surface area contributed by atoms with Crippen LogP contribution in [-0.4, -0.2) is 23.5 Å². The molecule has 2 aromatic heterocycles. The number of carbonyl (C=O) groups is 2. The first-order valence-corrected chi connectivity index (χ1v) is 9.35. The van der Waals surface area contributed by atoms with E-state index in [1.807, 2.05) is 30.3 Å². The maximum Gasteiger partial charge on any atom is 0.309 e. The second-order valence-corrected chi connectivity index (χ2v) is 7.10. The van der Waals surface area contributed by atoms with E-state index in [0.29, 0.717) is 23.6 Å². The lowest BCUT2D eigenvalue weighted by atomic mass is 10.1. The van der Waals surface area contributed by atoms with Crippen LogP contribution in [0, 0.1) is 0 Å². The van der Waals surface area contributed by atoms with Gasteiger partial charge in [-0.15, -0.1) is 11.3 Å². The largest absolute Gasteiger partial charge is 0.466 e. The van der Waals surface area contributed by atoms with Crippen LogP contribution in [-0.2, 0) is 22.6 Å². The van der Waals surface area contributed by atoms with Gasteiger partial charge in [0.15, 0.2) is 0 Å². The molecule has 27 heavy (non-hydrogen) atoms. The molecule has 3 N–H and O–H groups in total. The molecule has 0 bridgehead atoms. The first kappa shape index (κ1) is 18.9. The normalized spacial score (nSPS) is 11.7. The Morgan fingerprint density at radius 1 is 1.00 bits per heavy atom. The Hall–Kier alpha value is -2.90. The minimum Gasteiger partial charge on any atom is -0.466 e. The number of nitrogens with one attached hydrogen (secondary N) is 2. The monoisotopic (exact) mass is 384 g/mol. The summed E-state index contributed by atoms with van der Waals surface area (Å²) < 4.78 is 5.19. The van der Waals surface area contributed by atoms with Gasteiger partial charge in [0.05, 0.1) is 12.8 Å². The minimum atomic E-state index is -0.837. The highest BCUT2D eigenvalue weighted by atomic mass is 32.1. The van der Waals surface area contributed by atoms with E-state index in [2.05, 4.69) is 10.6 Å². The van der Waals surface area contributed by atoms with E-state index in [1.165, 1.54) is 17.6 Å². The predicted molar refractivity (Wildman–Crippen MR) is 102 cm³/mol. The van der Waals surface area contributed by atoms with Crippen LogP contribution in [0.3, 0.4) is 0 Å². The lowest BCUT2D eigenvalue weighted by Crippen LogP contribution is -2.40. The number of aliphatic hydroxyl groups is 1. The van der Waals surface area contributed by atoms with Crippen LogP contribution in [0.4, 0.5) is 0 Å². The van der Waals surface area contributed by atoms with E-state index >= 15 is 0 Å². The van der Waals surface area contributed by atoms with Crippen molar-refractivity contribution in [1.82, 2.24) is 10.6 Å². The molecular weight excluding hydrogens is 364 g/mol. The minimum absolute atomic E-state index is 0.223. The molecule has 1 unspecified atom stereocenters. The Bertz CT molecular complexity index is 875. The number of rotatable bonds is 7. The summed E-state index contributed by atoms with van der Waals surface area (Å²) in [5.74, 6) is -0.867. The number of thiophene rings is 1. The molecule has 2 amide bonds. The highest BCUT2D eigenvalue weighted by Gasteiger charge is 2.17. The molecule has 1 atom stereocenters. The molecule has 1 aromatic carbocycles. The van der Waals surface area contributed by atoms with Gasteiger partial charge in [0.25, 0.3) is 0 Å². The molecule has 2 heterocycles. The van der Waals surface area contributed by atoms with E-state index in [0.717, 1.165) is 10.4 Å². The number of furan rings is 1. The van der Waals surface area contributed by atoms with Crippen molar-refractivity contribution in [2.24, 2.45) is 0 Å². The summed E-state index contributed by atoms with van der Waals surface area (Å²) in [6.45, 7) is 0.620. The molecule has 0 aliphatic rings. The Labute approximate surface area is 160 Å². The summed E-state index contributed by atoms with van der Waals surface area (Å²) >= 11 is 1.35. The zero-order valence-electron chi connectivity index (χ0n) is 14.6. The van der Waals surface area contributed by atoms with Crippen LogP contribution >= 0.6 is 11.3 Å². The smallest absolute Gasteiger partial charge is 0.309 e. The third-order valence-corrected chi connectivity index (χ3v) is 5.07. The third kappa shape index (κ3) is 5.29. The van der Waals surface area contributed by atoms with E-state index in [1.54, 1.807) is 24.3 Å². The van der Waals surface area contributed by atoms with Gasteiger partial charge in [-0.3, -0.25) is 9.59 Å². The van der Waals surface area contributed by atoms with Crippen LogP contribution in [0.25, 0.3) is 0 Å². The molecule has 7 heteroatoms. The zero-order valence-corrected chi connectivity index (χ0v) is 15.4. The van der Waals surface area contributed by atoms with Crippen molar-refractivity contribution < 1.29 is 19.1 Å². The summed E-state index contributed by atoms with van der Waals surface area (Å²) in [4.78, 5) is 25.3. The number of hydrogen-bond donors (Lipinski definition) is 3. The fourth-order valence-corrected chi connectivity index (χ4v) is 3.46. The number of benzene rings is 1. The topological polar surface area (TPSA) is 91.6 Å². The van der Waals surface area contributed by atoms with Crippen molar-refractivity contribution in [1.29, 1.82) is 0 Å². The molecule has 0 saturated heterocycles. The molecule has 0 aliphatic heterocycles. The van der Waals surface area contributed by atoms with E-state index < -0.39 is 17.9 Å². The summed E-state index contributed by atoms with van der Waals surface area (Å²) in [6, 6.07) is 16.7. The average Bonchev–Trinajstić information content (AvgIpc) is 3.38. The van der Waals surface area contributed by atoms with Gasteiger partial charge in [0.2, 0.25) is 0 Å². The van der Waals surface area contributed by atoms with Crippen molar-refractivity contribution in [2.45, 2.75) is 19.1 Å². The number of carbonyl (C=O) groups excluding carboxylic acids is 2. The van der Waals surface area contributed by atoms with E-state index in [-0.39, 0.29) is 6.54 Å². The second-order valence-electron chi connectivity index (χ2n) is 5.90. The maximum absolute atomic E-state index is 11.9. The van der Waals surface area contributed by atoms with Crippen LogP contribution in [0.5, 0.6) is 0 Å². The Kier molecular flexibility index (Phi) is 6.40. The van der Waals surface area contributed by atoms with Gasteiger partial charge in [-0.1, -0.05) is 30.3 Å². The van der Waals surface area contributed by atoms with Crippen LogP contribution < -0.4 is 10.6 Å². The molecular formula is C20H20N2O4S. The van der Waals surface area contributed by atoms with Gasteiger partial charge in [-0.2, -0.15) is 0 Å². The predicted octanol–water partition coefficient (Wildman–Crippen LogP) is 2.40. The first-order valence-electron chi connectivity index (χ1n) is 8.53. The highest BCUT2D eigenvalue weighted by molar-refractivity contribution is 7.12. The van der Waals surface area contributed by atoms with Crippen molar-refractivity contribution in [3.05, 3.63) is 81.9 Å². The third-order valence-electron chi connectivity index (χ3n) is 3.94. The lowest BCUT2D eigenvalue weighted by Gasteiger charge is -2.06. The van der Waals surface area contributed by atoms with Crippen molar-refractivity contribution in [2.75, 3.05) is 6.54 Å². The Balaban J connectivity index is 1.43. The number of aliphatic hydroxyl groups excluding tert-OH is 1. The van der Waals surface area contributed by atoms with Gasteiger partial charge in [0.1, 0.15) is 11.9 Å². The van der Waals surface area contributed by atoms with Crippen molar-refractivity contribution >= 4 is 23.2 Å². The number of amides is 2.